The van der Waals surface area contributed by atoms with E-state index in [-0.39, 0.29) is 24.4 Å². The Balaban J connectivity index is 1.20. The minimum absolute atomic E-state index is 0.0757. The first-order valence-electron chi connectivity index (χ1n) is 14.3. The molecule has 10 heteroatoms. The molecule has 0 radical (unpaired) electrons. The van der Waals surface area contributed by atoms with Crippen molar-refractivity contribution in [2.75, 3.05) is 33.0 Å². The number of aromatic amines is 1. The lowest BCUT2D eigenvalue weighted by molar-refractivity contribution is 0.0988. The van der Waals surface area contributed by atoms with Crippen LogP contribution in [0.5, 0.6) is 11.5 Å². The zero-order valence-electron chi connectivity index (χ0n) is 23.1. The molecule has 2 aromatic heterocycles. The topological polar surface area (TPSA) is 101 Å². The number of benzene rings is 2. The molecule has 208 valence electrons. The number of hydrogen-bond donors (Lipinski definition) is 1. The van der Waals surface area contributed by atoms with E-state index in [0.717, 1.165) is 79.4 Å². The molecule has 4 heterocycles. The average Bonchev–Trinajstić information content (AvgIpc) is 3.72. The second-order valence-electron chi connectivity index (χ2n) is 11.4. The van der Waals surface area contributed by atoms with Crippen molar-refractivity contribution in [3.05, 3.63) is 74.8 Å². The molecule has 3 aliphatic rings. The second-order valence-corrected chi connectivity index (χ2v) is 11.4. The van der Waals surface area contributed by atoms with E-state index < -0.39 is 0 Å². The standard InChI is InChI=1S/C30H35N7O3/c1-19-13-20(2)27-22(14-19)16-24(30(38)31-27)28(29-32-33-34-37(29)23-5-3-4-6-23)36-11-9-35(10-12-36)17-21-7-8-25-26(15-21)40-18-39-25/h7-8,13-16,23,28H,3-6,9-12,17-18H2,1-2H3,(H,31,38). The fourth-order valence-electron chi connectivity index (χ4n) is 6.67. The number of tetrazole rings is 1. The Bertz CT molecular complexity index is 1600. The van der Waals surface area contributed by atoms with E-state index >= 15 is 0 Å². The van der Waals surface area contributed by atoms with Gasteiger partial charge >= 0.3 is 0 Å². The maximum atomic E-state index is 13.7. The lowest BCUT2D eigenvalue weighted by Crippen LogP contribution is -2.48. The number of aryl methyl sites for hydroxylation is 2. The number of fused-ring (bicyclic) bond motifs is 2. The summed E-state index contributed by atoms with van der Waals surface area (Å²) in [5.74, 6) is 2.39. The first-order valence-corrected chi connectivity index (χ1v) is 14.3. The van der Waals surface area contributed by atoms with Crippen molar-refractivity contribution in [2.45, 2.75) is 58.2 Å². The van der Waals surface area contributed by atoms with Crippen LogP contribution in [0.1, 0.15) is 65.8 Å². The van der Waals surface area contributed by atoms with Crippen molar-refractivity contribution in [2.24, 2.45) is 0 Å². The second kappa shape index (κ2) is 10.3. The Kier molecular flexibility index (Phi) is 6.51. The molecule has 1 saturated carbocycles. The number of aromatic nitrogens is 5. The van der Waals surface area contributed by atoms with Crippen LogP contribution in [0.4, 0.5) is 0 Å². The number of piperazine rings is 1. The van der Waals surface area contributed by atoms with Gasteiger partial charge in [-0.05, 0) is 77.9 Å². The molecule has 0 spiro atoms. The Morgan fingerprint density at radius 2 is 1.80 bits per heavy atom. The van der Waals surface area contributed by atoms with Gasteiger partial charge in [0, 0.05) is 38.3 Å². The van der Waals surface area contributed by atoms with Crippen LogP contribution in [0.25, 0.3) is 10.9 Å². The number of pyridine rings is 1. The zero-order chi connectivity index (χ0) is 27.2. The number of rotatable bonds is 6. The molecule has 1 saturated heterocycles. The summed E-state index contributed by atoms with van der Waals surface area (Å²) in [5, 5.41) is 14.2. The number of hydrogen-bond acceptors (Lipinski definition) is 8. The largest absolute Gasteiger partial charge is 0.454 e. The normalized spacial score (nSPS) is 19.1. The molecule has 7 rings (SSSR count). The van der Waals surface area contributed by atoms with Crippen molar-refractivity contribution in [1.82, 2.24) is 35.0 Å². The van der Waals surface area contributed by atoms with Gasteiger partial charge in [0.25, 0.3) is 5.56 Å². The van der Waals surface area contributed by atoms with Gasteiger partial charge in [-0.2, -0.15) is 0 Å². The quantitative estimate of drug-likeness (QED) is 0.393. The van der Waals surface area contributed by atoms with Gasteiger partial charge in [-0.25, -0.2) is 4.68 Å². The van der Waals surface area contributed by atoms with Crippen molar-refractivity contribution in [1.29, 1.82) is 0 Å². The predicted molar refractivity (Wildman–Crippen MR) is 151 cm³/mol. The Morgan fingerprint density at radius 1 is 1.00 bits per heavy atom. The van der Waals surface area contributed by atoms with Gasteiger partial charge in [0.2, 0.25) is 6.79 Å². The molecule has 1 atom stereocenters. The lowest BCUT2D eigenvalue weighted by Gasteiger charge is -2.39. The molecular weight excluding hydrogens is 506 g/mol. The van der Waals surface area contributed by atoms with Crippen molar-refractivity contribution in [3.8, 4) is 11.5 Å². The van der Waals surface area contributed by atoms with Gasteiger partial charge in [0.05, 0.1) is 11.6 Å². The summed E-state index contributed by atoms with van der Waals surface area (Å²) >= 11 is 0. The molecule has 1 N–H and O–H groups in total. The molecule has 4 aromatic rings. The van der Waals surface area contributed by atoms with Gasteiger partial charge in [-0.1, -0.05) is 30.5 Å². The Morgan fingerprint density at radius 3 is 2.62 bits per heavy atom. The minimum Gasteiger partial charge on any atom is -0.454 e. The fraction of sp³-hybridized carbons (Fsp3) is 0.467. The van der Waals surface area contributed by atoms with E-state index in [1.165, 1.54) is 24.0 Å². The van der Waals surface area contributed by atoms with E-state index in [1.54, 1.807) is 0 Å². The smallest absolute Gasteiger partial charge is 0.253 e. The number of H-pyrrole nitrogens is 1. The third-order valence-electron chi connectivity index (χ3n) is 8.67. The van der Waals surface area contributed by atoms with Gasteiger partial charge in [0.15, 0.2) is 17.3 Å². The summed E-state index contributed by atoms with van der Waals surface area (Å²) in [4.78, 5) is 21.7. The Hall–Kier alpha value is -3.76. The van der Waals surface area contributed by atoms with E-state index in [9.17, 15) is 4.79 Å². The molecule has 0 amide bonds. The summed E-state index contributed by atoms with van der Waals surface area (Å²) in [5.41, 5.74) is 4.97. The van der Waals surface area contributed by atoms with Crippen LogP contribution in [-0.4, -0.2) is 68.0 Å². The molecule has 40 heavy (non-hydrogen) atoms. The van der Waals surface area contributed by atoms with Crippen LogP contribution in [0.3, 0.4) is 0 Å². The van der Waals surface area contributed by atoms with E-state index in [0.29, 0.717) is 5.56 Å². The van der Waals surface area contributed by atoms with Gasteiger partial charge in [-0.15, -0.1) is 5.10 Å². The van der Waals surface area contributed by atoms with Crippen molar-refractivity contribution >= 4 is 10.9 Å². The summed E-state index contributed by atoms with van der Waals surface area (Å²) in [6.07, 6.45) is 4.51. The van der Waals surface area contributed by atoms with E-state index in [1.807, 2.05) is 17.7 Å². The highest BCUT2D eigenvalue weighted by Gasteiger charge is 2.35. The predicted octanol–water partition coefficient (Wildman–Crippen LogP) is 3.88. The van der Waals surface area contributed by atoms with Crippen LogP contribution in [0.2, 0.25) is 0 Å². The third-order valence-corrected chi connectivity index (χ3v) is 8.67. The summed E-state index contributed by atoms with van der Waals surface area (Å²) < 4.78 is 13.0. The molecule has 1 aliphatic carbocycles. The van der Waals surface area contributed by atoms with Crippen LogP contribution < -0.4 is 15.0 Å². The van der Waals surface area contributed by atoms with Gasteiger partial charge in [0.1, 0.15) is 6.04 Å². The maximum Gasteiger partial charge on any atom is 0.253 e. The monoisotopic (exact) mass is 541 g/mol. The van der Waals surface area contributed by atoms with E-state index in [2.05, 4.69) is 67.6 Å². The van der Waals surface area contributed by atoms with Crippen molar-refractivity contribution < 1.29 is 9.47 Å². The van der Waals surface area contributed by atoms with Crippen LogP contribution >= 0.6 is 0 Å². The average molecular weight is 542 g/mol. The lowest BCUT2D eigenvalue weighted by atomic mass is 10.00. The summed E-state index contributed by atoms with van der Waals surface area (Å²) in [6, 6.07) is 12.4. The summed E-state index contributed by atoms with van der Waals surface area (Å²) in [6.45, 7) is 8.61. The third kappa shape index (κ3) is 4.65. The molecule has 10 nitrogen and oxygen atoms in total. The summed E-state index contributed by atoms with van der Waals surface area (Å²) in [7, 11) is 0. The van der Waals surface area contributed by atoms with Crippen LogP contribution in [0.15, 0.2) is 41.2 Å². The molecule has 0 bridgehead atoms. The van der Waals surface area contributed by atoms with Gasteiger partial charge < -0.3 is 14.5 Å². The maximum absolute atomic E-state index is 13.7. The van der Waals surface area contributed by atoms with Crippen molar-refractivity contribution in [3.63, 3.8) is 0 Å². The Labute approximate surface area is 232 Å². The highest BCUT2D eigenvalue weighted by atomic mass is 16.7. The number of nitrogens with one attached hydrogen (secondary N) is 1. The first kappa shape index (κ1) is 25.2. The highest BCUT2D eigenvalue weighted by Crippen LogP contribution is 2.35. The number of nitrogens with zero attached hydrogens (tertiary/aromatic N) is 6. The van der Waals surface area contributed by atoms with Crippen LogP contribution in [-0.2, 0) is 6.54 Å². The molecular formula is C30H35N7O3. The molecule has 1 unspecified atom stereocenters. The van der Waals surface area contributed by atoms with Gasteiger partial charge in [-0.3, -0.25) is 14.6 Å². The molecule has 2 aliphatic heterocycles. The first-order chi connectivity index (χ1) is 19.5. The minimum atomic E-state index is -0.322. The number of ether oxygens (including phenoxy) is 2. The molecule has 2 fully saturated rings. The SMILES string of the molecule is Cc1cc(C)c2[nH]c(=O)c(C(c3nnnn3C3CCCC3)N3CCN(Cc4ccc5c(c4)OCO5)CC3)cc2c1. The van der Waals surface area contributed by atoms with E-state index in [4.69, 9.17) is 9.47 Å². The fourth-order valence-corrected chi connectivity index (χ4v) is 6.67. The zero-order valence-corrected chi connectivity index (χ0v) is 23.1. The van der Waals surface area contributed by atoms with Crippen LogP contribution in [0, 0.1) is 13.8 Å². The highest BCUT2D eigenvalue weighted by molar-refractivity contribution is 5.83. The molecule has 2 aromatic carbocycles.